The van der Waals surface area contributed by atoms with Gasteiger partial charge >= 0.3 is 0 Å². The number of sulfone groups is 1. The number of benzene rings is 2. The summed E-state index contributed by atoms with van der Waals surface area (Å²) in [5.74, 6) is 0.760. The van der Waals surface area contributed by atoms with Crippen LogP contribution in [0.3, 0.4) is 0 Å². The lowest BCUT2D eigenvalue weighted by Gasteiger charge is -2.09. The standard InChI is InChI=1S/C17H19N3O3S2/c1-12(13-4-10-16(11-5-13)25(3,21)22)19-20-17(24)18-14-6-8-15(23-2)9-7-14/h4-11H,1-3H3,(H2,18,20,24)/b19-12-. The van der Waals surface area contributed by atoms with Gasteiger partial charge in [0.15, 0.2) is 14.9 Å². The Morgan fingerprint density at radius 2 is 1.68 bits per heavy atom. The third kappa shape index (κ3) is 5.54. The quantitative estimate of drug-likeness (QED) is 0.474. The van der Waals surface area contributed by atoms with E-state index < -0.39 is 9.84 Å². The first kappa shape index (κ1) is 18.9. The Labute approximate surface area is 152 Å². The number of anilines is 1. The molecule has 0 aromatic heterocycles. The van der Waals surface area contributed by atoms with Crippen molar-refractivity contribution >= 4 is 38.6 Å². The number of hydrazone groups is 1. The first-order chi connectivity index (χ1) is 11.8. The van der Waals surface area contributed by atoms with Crippen molar-refractivity contribution in [2.24, 2.45) is 5.10 Å². The number of hydrogen-bond donors (Lipinski definition) is 2. The Morgan fingerprint density at radius 3 is 2.20 bits per heavy atom. The zero-order chi connectivity index (χ0) is 18.4. The fraction of sp³-hybridized carbons (Fsp3) is 0.176. The molecule has 0 aliphatic rings. The van der Waals surface area contributed by atoms with Crippen molar-refractivity contribution in [2.45, 2.75) is 11.8 Å². The number of hydrogen-bond acceptors (Lipinski definition) is 5. The molecule has 0 bridgehead atoms. The minimum absolute atomic E-state index is 0.272. The second-order valence-corrected chi connectivity index (χ2v) is 7.71. The van der Waals surface area contributed by atoms with Crippen molar-refractivity contribution in [3.63, 3.8) is 0 Å². The molecule has 2 aromatic rings. The molecule has 0 radical (unpaired) electrons. The van der Waals surface area contributed by atoms with Gasteiger partial charge in [-0.3, -0.25) is 5.43 Å². The molecular weight excluding hydrogens is 358 g/mol. The Hall–Kier alpha value is -2.45. The van der Waals surface area contributed by atoms with E-state index in [0.29, 0.717) is 10.8 Å². The van der Waals surface area contributed by atoms with Gasteiger partial charge in [0.2, 0.25) is 0 Å². The normalized spacial score (nSPS) is 11.7. The minimum atomic E-state index is -3.21. The van der Waals surface area contributed by atoms with Gasteiger partial charge in [0.05, 0.1) is 17.7 Å². The highest BCUT2D eigenvalue weighted by Gasteiger charge is 2.07. The van der Waals surface area contributed by atoms with E-state index in [2.05, 4.69) is 15.8 Å². The molecule has 6 nitrogen and oxygen atoms in total. The van der Waals surface area contributed by atoms with Crippen molar-refractivity contribution in [3.05, 3.63) is 54.1 Å². The van der Waals surface area contributed by atoms with Crippen molar-refractivity contribution in [2.75, 3.05) is 18.7 Å². The largest absolute Gasteiger partial charge is 0.497 e. The lowest BCUT2D eigenvalue weighted by molar-refractivity contribution is 0.415. The average molecular weight is 377 g/mol. The lowest BCUT2D eigenvalue weighted by atomic mass is 10.1. The van der Waals surface area contributed by atoms with E-state index in [0.717, 1.165) is 17.0 Å². The second kappa shape index (κ2) is 8.09. The van der Waals surface area contributed by atoms with E-state index >= 15 is 0 Å². The number of rotatable bonds is 5. The van der Waals surface area contributed by atoms with Gasteiger partial charge in [-0.15, -0.1) is 0 Å². The van der Waals surface area contributed by atoms with Crippen LogP contribution in [0, 0.1) is 0 Å². The molecule has 2 N–H and O–H groups in total. The summed E-state index contributed by atoms with van der Waals surface area (Å²) in [7, 11) is -1.60. The average Bonchev–Trinajstić information content (AvgIpc) is 2.59. The Balaban J connectivity index is 1.98. The van der Waals surface area contributed by atoms with E-state index in [1.165, 1.54) is 6.26 Å². The highest BCUT2D eigenvalue weighted by atomic mass is 32.2. The Kier molecular flexibility index (Phi) is 6.11. The number of ether oxygens (including phenoxy) is 1. The Morgan fingerprint density at radius 1 is 1.08 bits per heavy atom. The predicted octanol–water partition coefficient (Wildman–Crippen LogP) is 2.81. The van der Waals surface area contributed by atoms with Crippen LogP contribution in [0.15, 0.2) is 58.5 Å². The van der Waals surface area contributed by atoms with Crippen molar-refractivity contribution in [1.29, 1.82) is 0 Å². The third-order valence-corrected chi connectivity index (χ3v) is 4.70. The van der Waals surface area contributed by atoms with Crippen LogP contribution in [0.4, 0.5) is 5.69 Å². The molecule has 0 amide bonds. The SMILES string of the molecule is COc1ccc(NC(=S)N/N=C(/C)c2ccc(S(C)(=O)=O)cc2)cc1. The van der Waals surface area contributed by atoms with Gasteiger partial charge < -0.3 is 10.1 Å². The molecule has 2 aromatic carbocycles. The van der Waals surface area contributed by atoms with Crippen LogP contribution < -0.4 is 15.5 Å². The molecule has 0 aliphatic heterocycles. The van der Waals surface area contributed by atoms with Crippen LogP contribution in [-0.4, -0.2) is 32.6 Å². The van der Waals surface area contributed by atoms with E-state index in [4.69, 9.17) is 17.0 Å². The van der Waals surface area contributed by atoms with Crippen LogP contribution in [0.2, 0.25) is 0 Å². The maximum Gasteiger partial charge on any atom is 0.191 e. The molecule has 2 rings (SSSR count). The van der Waals surface area contributed by atoms with E-state index in [1.54, 1.807) is 38.3 Å². The zero-order valence-electron chi connectivity index (χ0n) is 14.1. The van der Waals surface area contributed by atoms with Crippen LogP contribution in [0.1, 0.15) is 12.5 Å². The maximum absolute atomic E-state index is 11.5. The molecule has 0 unspecified atom stereocenters. The van der Waals surface area contributed by atoms with Crippen LogP contribution >= 0.6 is 12.2 Å². The number of thiocarbonyl (C=S) groups is 1. The highest BCUT2D eigenvalue weighted by Crippen LogP contribution is 2.15. The number of nitrogens with zero attached hydrogens (tertiary/aromatic N) is 1. The van der Waals surface area contributed by atoms with Crippen molar-refractivity contribution in [1.82, 2.24) is 5.43 Å². The molecular formula is C17H19N3O3S2. The smallest absolute Gasteiger partial charge is 0.191 e. The van der Waals surface area contributed by atoms with E-state index in [-0.39, 0.29) is 4.90 Å². The Bertz CT molecular complexity index is 874. The fourth-order valence-electron chi connectivity index (χ4n) is 1.98. The summed E-state index contributed by atoms with van der Waals surface area (Å²) in [5.41, 5.74) is 5.05. The van der Waals surface area contributed by atoms with Crippen molar-refractivity contribution < 1.29 is 13.2 Å². The monoisotopic (exact) mass is 377 g/mol. The topological polar surface area (TPSA) is 79.8 Å². The molecule has 0 aliphatic carbocycles. The summed E-state index contributed by atoms with van der Waals surface area (Å²) in [6.07, 6.45) is 1.17. The van der Waals surface area contributed by atoms with Crippen LogP contribution in [0.5, 0.6) is 5.75 Å². The summed E-state index contributed by atoms with van der Waals surface area (Å²) in [6, 6.07) is 13.8. The minimum Gasteiger partial charge on any atom is -0.497 e. The first-order valence-electron chi connectivity index (χ1n) is 7.35. The molecule has 0 fully saturated rings. The van der Waals surface area contributed by atoms with Crippen LogP contribution in [0.25, 0.3) is 0 Å². The second-order valence-electron chi connectivity index (χ2n) is 5.29. The molecule has 8 heteroatoms. The molecule has 0 saturated heterocycles. The first-order valence-corrected chi connectivity index (χ1v) is 9.65. The maximum atomic E-state index is 11.5. The lowest BCUT2D eigenvalue weighted by Crippen LogP contribution is -2.24. The summed E-state index contributed by atoms with van der Waals surface area (Å²) < 4.78 is 28.0. The zero-order valence-corrected chi connectivity index (χ0v) is 15.7. The molecule has 0 atom stereocenters. The number of methoxy groups -OCH3 is 1. The van der Waals surface area contributed by atoms with Gasteiger partial charge in [-0.25, -0.2) is 8.42 Å². The van der Waals surface area contributed by atoms with E-state index in [1.807, 2.05) is 24.3 Å². The molecule has 0 heterocycles. The van der Waals surface area contributed by atoms with Gasteiger partial charge in [-0.05, 0) is 61.1 Å². The van der Waals surface area contributed by atoms with E-state index in [9.17, 15) is 8.42 Å². The van der Waals surface area contributed by atoms with Gasteiger partial charge in [-0.1, -0.05) is 12.1 Å². The highest BCUT2D eigenvalue weighted by molar-refractivity contribution is 7.90. The summed E-state index contributed by atoms with van der Waals surface area (Å²) in [4.78, 5) is 0.272. The summed E-state index contributed by atoms with van der Waals surface area (Å²) in [5, 5.41) is 7.56. The fourth-order valence-corrected chi connectivity index (χ4v) is 2.77. The van der Waals surface area contributed by atoms with Gasteiger partial charge in [-0.2, -0.15) is 5.10 Å². The van der Waals surface area contributed by atoms with Gasteiger partial charge in [0, 0.05) is 11.9 Å². The molecule has 132 valence electrons. The molecule has 25 heavy (non-hydrogen) atoms. The van der Waals surface area contributed by atoms with Gasteiger partial charge in [0.25, 0.3) is 0 Å². The van der Waals surface area contributed by atoms with Crippen LogP contribution in [-0.2, 0) is 9.84 Å². The number of nitrogens with one attached hydrogen (secondary N) is 2. The summed E-state index contributed by atoms with van der Waals surface area (Å²) in [6.45, 7) is 1.80. The van der Waals surface area contributed by atoms with Gasteiger partial charge in [0.1, 0.15) is 5.75 Å². The van der Waals surface area contributed by atoms with Crippen molar-refractivity contribution in [3.8, 4) is 5.75 Å². The molecule has 0 spiro atoms. The summed E-state index contributed by atoms with van der Waals surface area (Å²) >= 11 is 5.20. The predicted molar refractivity (Wildman–Crippen MR) is 104 cm³/mol. The molecule has 0 saturated carbocycles. The third-order valence-electron chi connectivity index (χ3n) is 3.37.